The number of hydrogen-bond acceptors (Lipinski definition) is 6. The van der Waals surface area contributed by atoms with Gasteiger partial charge in [0.2, 0.25) is 0 Å². The monoisotopic (exact) mass is 524 g/mol. The van der Waals surface area contributed by atoms with Crippen molar-refractivity contribution in [2.24, 2.45) is 0 Å². The molecule has 0 fully saturated rings. The number of amides is 1. The second-order valence-electron chi connectivity index (χ2n) is 9.60. The minimum Gasteiger partial charge on any atom is -0.495 e. The number of ether oxygens (including phenoxy) is 3. The average molecular weight is 525 g/mol. The molecule has 0 aromatic heterocycles. The Bertz CT molecular complexity index is 1460. The zero-order chi connectivity index (χ0) is 27.4. The molecular formula is C32H32N2O5. The summed E-state index contributed by atoms with van der Waals surface area (Å²) in [5, 5.41) is 6.36. The number of allylic oxidation sites excluding steroid dienone is 3. The van der Waals surface area contributed by atoms with Gasteiger partial charge in [0.1, 0.15) is 12.4 Å². The Kier molecular flexibility index (Phi) is 7.68. The summed E-state index contributed by atoms with van der Waals surface area (Å²) in [5.74, 6) is 0.869. The molecule has 5 rings (SSSR count). The lowest BCUT2D eigenvalue weighted by molar-refractivity contribution is -0.116. The molecule has 2 N–H and O–H groups in total. The molecule has 7 heteroatoms. The minimum absolute atomic E-state index is 0.0483. The van der Waals surface area contributed by atoms with Gasteiger partial charge in [0.15, 0.2) is 17.3 Å². The molecular weight excluding hydrogens is 492 g/mol. The van der Waals surface area contributed by atoms with E-state index in [1.807, 2.05) is 67.6 Å². The van der Waals surface area contributed by atoms with Gasteiger partial charge in [-0.1, -0.05) is 48.5 Å². The first-order chi connectivity index (χ1) is 19.0. The van der Waals surface area contributed by atoms with E-state index in [0.29, 0.717) is 52.8 Å². The Morgan fingerprint density at radius 3 is 2.44 bits per heavy atom. The second-order valence-corrected chi connectivity index (χ2v) is 9.60. The number of carbonyl (C=O) groups is 2. The standard InChI is InChI=1S/C32H32N2O5/c1-20-29(32(36)34-23-12-7-8-15-26(23)37-2)30(31-24(33-20)13-9-14-25(31)35)22-16-17-27(28(18-22)38-3)39-19-21-10-5-4-6-11-21/h4-8,10-12,15-18,30,33H,9,13-14,19H2,1-3H3,(H,34,36)/t30-/m1/s1. The highest BCUT2D eigenvalue weighted by molar-refractivity contribution is 6.10. The third-order valence-corrected chi connectivity index (χ3v) is 7.13. The summed E-state index contributed by atoms with van der Waals surface area (Å²) in [4.78, 5) is 27.1. The van der Waals surface area contributed by atoms with Gasteiger partial charge in [-0.3, -0.25) is 9.59 Å². The summed E-state index contributed by atoms with van der Waals surface area (Å²) in [5.41, 5.74) is 5.09. The summed E-state index contributed by atoms with van der Waals surface area (Å²) >= 11 is 0. The molecule has 3 aromatic rings. The van der Waals surface area contributed by atoms with Crippen LogP contribution in [0.3, 0.4) is 0 Å². The molecule has 0 saturated carbocycles. The molecule has 0 radical (unpaired) electrons. The average Bonchev–Trinajstić information content (AvgIpc) is 2.96. The number of ketones is 1. The van der Waals surface area contributed by atoms with E-state index in [4.69, 9.17) is 14.2 Å². The molecule has 7 nitrogen and oxygen atoms in total. The number of dihydropyridines is 1. The van der Waals surface area contributed by atoms with Crippen LogP contribution in [0.5, 0.6) is 17.2 Å². The van der Waals surface area contributed by atoms with Crippen molar-refractivity contribution < 1.29 is 23.8 Å². The molecule has 1 heterocycles. The van der Waals surface area contributed by atoms with Gasteiger partial charge in [0, 0.05) is 34.9 Å². The van der Waals surface area contributed by atoms with Crippen molar-refractivity contribution in [1.29, 1.82) is 0 Å². The molecule has 1 aliphatic carbocycles. The van der Waals surface area contributed by atoms with Crippen molar-refractivity contribution in [3.05, 3.63) is 106 Å². The highest BCUT2D eigenvalue weighted by Crippen LogP contribution is 2.44. The number of para-hydroxylation sites is 2. The number of rotatable bonds is 8. The van der Waals surface area contributed by atoms with Crippen LogP contribution in [0.1, 0.15) is 43.2 Å². The van der Waals surface area contributed by atoms with Crippen LogP contribution in [0.2, 0.25) is 0 Å². The number of nitrogens with one attached hydrogen (secondary N) is 2. The largest absolute Gasteiger partial charge is 0.495 e. The summed E-state index contributed by atoms with van der Waals surface area (Å²) in [6, 6.07) is 22.8. The van der Waals surface area contributed by atoms with Gasteiger partial charge < -0.3 is 24.8 Å². The number of carbonyl (C=O) groups excluding carboxylic acids is 2. The summed E-state index contributed by atoms with van der Waals surface area (Å²) in [6.45, 7) is 2.27. The third-order valence-electron chi connectivity index (χ3n) is 7.13. The van der Waals surface area contributed by atoms with Crippen molar-refractivity contribution in [2.75, 3.05) is 19.5 Å². The molecule has 39 heavy (non-hydrogen) atoms. The van der Waals surface area contributed by atoms with E-state index in [2.05, 4.69) is 10.6 Å². The molecule has 0 bridgehead atoms. The molecule has 1 amide bonds. The molecule has 2 aliphatic rings. The molecule has 200 valence electrons. The van der Waals surface area contributed by atoms with Gasteiger partial charge in [-0.2, -0.15) is 0 Å². The first-order valence-corrected chi connectivity index (χ1v) is 13.0. The van der Waals surface area contributed by atoms with Crippen molar-refractivity contribution in [3.8, 4) is 17.2 Å². The molecule has 0 unspecified atom stereocenters. The van der Waals surface area contributed by atoms with Crippen LogP contribution in [0.15, 0.2) is 95.3 Å². The number of hydrogen-bond donors (Lipinski definition) is 2. The topological polar surface area (TPSA) is 85.9 Å². The van der Waals surface area contributed by atoms with Crippen LogP contribution < -0.4 is 24.8 Å². The fraction of sp³-hybridized carbons (Fsp3) is 0.250. The fourth-order valence-corrected chi connectivity index (χ4v) is 5.27. The van der Waals surface area contributed by atoms with Gasteiger partial charge in [0.05, 0.1) is 19.9 Å². The quantitative estimate of drug-likeness (QED) is 0.382. The van der Waals surface area contributed by atoms with Crippen LogP contribution >= 0.6 is 0 Å². The van der Waals surface area contributed by atoms with E-state index < -0.39 is 5.92 Å². The maximum atomic E-state index is 13.8. The maximum Gasteiger partial charge on any atom is 0.254 e. The Morgan fingerprint density at radius 1 is 0.923 bits per heavy atom. The normalized spacial score (nSPS) is 16.8. The van der Waals surface area contributed by atoms with E-state index in [9.17, 15) is 9.59 Å². The van der Waals surface area contributed by atoms with Gasteiger partial charge in [0.25, 0.3) is 5.91 Å². The Balaban J connectivity index is 1.52. The fourth-order valence-electron chi connectivity index (χ4n) is 5.27. The lowest BCUT2D eigenvalue weighted by atomic mass is 9.75. The Labute approximate surface area is 228 Å². The number of Topliss-reactive ketones (excluding diaryl/α,β-unsaturated/α-hetero) is 1. The van der Waals surface area contributed by atoms with E-state index in [1.54, 1.807) is 26.4 Å². The second kappa shape index (κ2) is 11.5. The van der Waals surface area contributed by atoms with Gasteiger partial charge in [-0.25, -0.2) is 0 Å². The highest BCUT2D eigenvalue weighted by Gasteiger charge is 2.39. The van der Waals surface area contributed by atoms with Crippen LogP contribution in [-0.2, 0) is 16.2 Å². The number of benzene rings is 3. The zero-order valence-corrected chi connectivity index (χ0v) is 22.4. The summed E-state index contributed by atoms with van der Waals surface area (Å²) < 4.78 is 17.2. The van der Waals surface area contributed by atoms with Crippen LogP contribution in [0.25, 0.3) is 0 Å². The smallest absolute Gasteiger partial charge is 0.254 e. The van der Waals surface area contributed by atoms with Gasteiger partial charge >= 0.3 is 0 Å². The van der Waals surface area contributed by atoms with E-state index in [-0.39, 0.29) is 11.7 Å². The first-order valence-electron chi connectivity index (χ1n) is 13.0. The van der Waals surface area contributed by atoms with E-state index in [1.165, 1.54) is 0 Å². The minimum atomic E-state index is -0.555. The Morgan fingerprint density at radius 2 is 1.67 bits per heavy atom. The van der Waals surface area contributed by atoms with Gasteiger partial charge in [-0.05, 0) is 55.2 Å². The van der Waals surface area contributed by atoms with Gasteiger partial charge in [-0.15, -0.1) is 0 Å². The van der Waals surface area contributed by atoms with Crippen molar-refractivity contribution in [1.82, 2.24) is 5.32 Å². The number of anilines is 1. The molecule has 0 saturated heterocycles. The van der Waals surface area contributed by atoms with Crippen LogP contribution in [-0.4, -0.2) is 25.9 Å². The zero-order valence-electron chi connectivity index (χ0n) is 22.4. The predicted molar refractivity (Wildman–Crippen MR) is 150 cm³/mol. The molecule has 1 atom stereocenters. The molecule has 0 spiro atoms. The van der Waals surface area contributed by atoms with Crippen LogP contribution in [0, 0.1) is 0 Å². The summed E-state index contributed by atoms with van der Waals surface area (Å²) in [7, 11) is 3.15. The lowest BCUT2D eigenvalue weighted by Crippen LogP contribution is -2.35. The predicted octanol–water partition coefficient (Wildman–Crippen LogP) is 5.89. The number of methoxy groups -OCH3 is 2. The third kappa shape index (κ3) is 5.39. The molecule has 1 aliphatic heterocycles. The van der Waals surface area contributed by atoms with Crippen molar-refractivity contribution >= 4 is 17.4 Å². The van der Waals surface area contributed by atoms with Crippen molar-refractivity contribution in [3.63, 3.8) is 0 Å². The Hall–Kier alpha value is -4.52. The lowest BCUT2D eigenvalue weighted by Gasteiger charge is -2.34. The molecule has 3 aromatic carbocycles. The summed E-state index contributed by atoms with van der Waals surface area (Å²) in [6.07, 6.45) is 1.99. The van der Waals surface area contributed by atoms with E-state index in [0.717, 1.165) is 29.7 Å². The first kappa shape index (κ1) is 26.1. The van der Waals surface area contributed by atoms with Crippen LogP contribution in [0.4, 0.5) is 5.69 Å². The maximum absolute atomic E-state index is 13.8. The van der Waals surface area contributed by atoms with E-state index >= 15 is 0 Å². The SMILES string of the molecule is COc1ccccc1NC(=O)C1=C(C)NC2=C(C(=O)CCC2)[C@@H]1c1ccc(OCc2ccccc2)c(OC)c1. The van der Waals surface area contributed by atoms with Crippen molar-refractivity contribution in [2.45, 2.75) is 38.7 Å². The highest BCUT2D eigenvalue weighted by atomic mass is 16.5.